The van der Waals surface area contributed by atoms with Gasteiger partial charge in [0.15, 0.2) is 0 Å². The fourth-order valence-electron chi connectivity index (χ4n) is 1.17. The minimum Gasteiger partial charge on any atom is -0.358 e. The second-order valence-corrected chi connectivity index (χ2v) is 3.17. The highest BCUT2D eigenvalue weighted by molar-refractivity contribution is 5.97. The molecule has 0 spiro atoms. The zero-order valence-electron chi connectivity index (χ0n) is 8.83. The Morgan fingerprint density at radius 2 is 1.93 bits per heavy atom. The van der Waals surface area contributed by atoms with Crippen molar-refractivity contribution in [3.05, 3.63) is 35.4 Å². The Labute approximate surface area is 88.7 Å². The summed E-state index contributed by atoms with van der Waals surface area (Å²) in [5.41, 5.74) is 1.49. The Bertz CT molecular complexity index is 375. The molecule has 4 heteroatoms. The number of rotatable bonds is 3. The van der Waals surface area contributed by atoms with Crippen molar-refractivity contribution in [1.82, 2.24) is 10.6 Å². The third kappa shape index (κ3) is 3.09. The summed E-state index contributed by atoms with van der Waals surface area (Å²) in [7, 11) is 1.53. The van der Waals surface area contributed by atoms with E-state index >= 15 is 0 Å². The van der Waals surface area contributed by atoms with E-state index in [4.69, 9.17) is 0 Å². The maximum Gasteiger partial charge on any atom is 0.251 e. The molecule has 4 nitrogen and oxygen atoms in total. The number of benzene rings is 1. The number of nitrogens with one attached hydrogen (secondary N) is 2. The first-order valence-corrected chi connectivity index (χ1v) is 4.69. The Morgan fingerprint density at radius 1 is 1.27 bits per heavy atom. The standard InChI is InChI=1S/C11H14N2O2/c1-8-5-3-4-6-9(8)11(15)13-7-10(14)12-2/h3-6H,7H2,1-2H3,(H,12,14)(H,13,15). The molecule has 0 unspecified atom stereocenters. The highest BCUT2D eigenvalue weighted by Crippen LogP contribution is 2.05. The van der Waals surface area contributed by atoms with Crippen LogP contribution in [0.3, 0.4) is 0 Å². The van der Waals surface area contributed by atoms with Crippen LogP contribution < -0.4 is 10.6 Å². The first kappa shape index (κ1) is 11.2. The maximum absolute atomic E-state index is 11.6. The van der Waals surface area contributed by atoms with E-state index in [1.807, 2.05) is 19.1 Å². The van der Waals surface area contributed by atoms with Crippen LogP contribution in [0.1, 0.15) is 15.9 Å². The molecule has 0 aliphatic heterocycles. The molecule has 15 heavy (non-hydrogen) atoms. The van der Waals surface area contributed by atoms with Crippen LogP contribution in [0.15, 0.2) is 24.3 Å². The van der Waals surface area contributed by atoms with Gasteiger partial charge in [0.25, 0.3) is 5.91 Å². The van der Waals surface area contributed by atoms with Gasteiger partial charge in [-0.1, -0.05) is 18.2 Å². The van der Waals surface area contributed by atoms with E-state index in [0.29, 0.717) is 5.56 Å². The van der Waals surface area contributed by atoms with Gasteiger partial charge in [0.05, 0.1) is 6.54 Å². The molecule has 0 atom stereocenters. The summed E-state index contributed by atoms with van der Waals surface area (Å²) in [5, 5.41) is 4.97. The quantitative estimate of drug-likeness (QED) is 0.755. The monoisotopic (exact) mass is 206 g/mol. The number of hydrogen-bond acceptors (Lipinski definition) is 2. The Kier molecular flexibility index (Phi) is 3.85. The predicted molar refractivity (Wildman–Crippen MR) is 57.6 cm³/mol. The van der Waals surface area contributed by atoms with Crippen molar-refractivity contribution >= 4 is 11.8 Å². The molecule has 2 amide bonds. The van der Waals surface area contributed by atoms with Gasteiger partial charge in [0, 0.05) is 12.6 Å². The SMILES string of the molecule is CNC(=O)CNC(=O)c1ccccc1C. The van der Waals surface area contributed by atoms with Crippen LogP contribution in [0.4, 0.5) is 0 Å². The summed E-state index contributed by atoms with van der Waals surface area (Å²) in [6.45, 7) is 1.86. The minimum atomic E-state index is -0.225. The van der Waals surface area contributed by atoms with Gasteiger partial charge >= 0.3 is 0 Å². The molecule has 80 valence electrons. The first-order valence-electron chi connectivity index (χ1n) is 4.69. The van der Waals surface area contributed by atoms with Gasteiger partial charge in [0.2, 0.25) is 5.91 Å². The summed E-state index contributed by atoms with van der Waals surface area (Å²) < 4.78 is 0. The zero-order valence-corrected chi connectivity index (χ0v) is 8.83. The van der Waals surface area contributed by atoms with E-state index in [9.17, 15) is 9.59 Å². The van der Waals surface area contributed by atoms with Gasteiger partial charge < -0.3 is 10.6 Å². The lowest BCUT2D eigenvalue weighted by Gasteiger charge is -2.06. The van der Waals surface area contributed by atoms with Crippen molar-refractivity contribution in [2.24, 2.45) is 0 Å². The molecule has 0 saturated carbocycles. The van der Waals surface area contributed by atoms with Gasteiger partial charge in [0.1, 0.15) is 0 Å². The van der Waals surface area contributed by atoms with Crippen molar-refractivity contribution in [2.75, 3.05) is 13.6 Å². The zero-order chi connectivity index (χ0) is 11.3. The molecule has 0 fully saturated rings. The molecule has 0 saturated heterocycles. The number of carbonyl (C=O) groups is 2. The van der Waals surface area contributed by atoms with Gasteiger partial charge in [-0.3, -0.25) is 9.59 Å². The van der Waals surface area contributed by atoms with E-state index in [1.165, 1.54) is 7.05 Å². The van der Waals surface area contributed by atoms with Crippen LogP contribution in [0.25, 0.3) is 0 Å². The molecule has 0 aromatic heterocycles. The summed E-state index contributed by atoms with van der Waals surface area (Å²) >= 11 is 0. The highest BCUT2D eigenvalue weighted by atomic mass is 16.2. The van der Waals surface area contributed by atoms with Crippen LogP contribution in [0.2, 0.25) is 0 Å². The molecule has 1 rings (SSSR count). The molecule has 0 radical (unpaired) electrons. The average molecular weight is 206 g/mol. The maximum atomic E-state index is 11.6. The minimum absolute atomic E-state index is 0.00364. The molecule has 2 N–H and O–H groups in total. The van der Waals surface area contributed by atoms with E-state index < -0.39 is 0 Å². The van der Waals surface area contributed by atoms with Crippen molar-refractivity contribution in [3.63, 3.8) is 0 Å². The van der Waals surface area contributed by atoms with Crippen molar-refractivity contribution in [3.8, 4) is 0 Å². The van der Waals surface area contributed by atoms with E-state index in [1.54, 1.807) is 12.1 Å². The van der Waals surface area contributed by atoms with Crippen LogP contribution in [0.5, 0.6) is 0 Å². The van der Waals surface area contributed by atoms with E-state index in [-0.39, 0.29) is 18.4 Å². The van der Waals surface area contributed by atoms with Crippen molar-refractivity contribution < 1.29 is 9.59 Å². The molecule has 1 aromatic carbocycles. The van der Waals surface area contributed by atoms with E-state index in [0.717, 1.165) is 5.56 Å². The summed E-state index contributed by atoms with van der Waals surface area (Å²) in [5.74, 6) is -0.436. The third-order valence-corrected chi connectivity index (χ3v) is 2.08. The van der Waals surface area contributed by atoms with Crippen LogP contribution >= 0.6 is 0 Å². The van der Waals surface area contributed by atoms with Crippen LogP contribution in [-0.4, -0.2) is 25.4 Å². The van der Waals surface area contributed by atoms with Gasteiger partial charge in [-0.15, -0.1) is 0 Å². The number of aryl methyl sites for hydroxylation is 1. The van der Waals surface area contributed by atoms with Gasteiger partial charge in [-0.2, -0.15) is 0 Å². The molecule has 1 aromatic rings. The molecular weight excluding hydrogens is 192 g/mol. The molecule has 0 bridgehead atoms. The summed E-state index contributed by atoms with van der Waals surface area (Å²) in [6, 6.07) is 7.25. The fraction of sp³-hybridized carbons (Fsp3) is 0.273. The topological polar surface area (TPSA) is 58.2 Å². The van der Waals surface area contributed by atoms with Crippen molar-refractivity contribution in [1.29, 1.82) is 0 Å². The lowest BCUT2D eigenvalue weighted by Crippen LogP contribution is -2.35. The smallest absolute Gasteiger partial charge is 0.251 e. The molecule has 0 heterocycles. The Morgan fingerprint density at radius 3 is 2.53 bits per heavy atom. The lowest BCUT2D eigenvalue weighted by molar-refractivity contribution is -0.119. The summed E-state index contributed by atoms with van der Waals surface area (Å²) in [4.78, 5) is 22.5. The highest BCUT2D eigenvalue weighted by Gasteiger charge is 2.08. The second kappa shape index (κ2) is 5.14. The number of hydrogen-bond donors (Lipinski definition) is 2. The first-order chi connectivity index (χ1) is 7.15. The van der Waals surface area contributed by atoms with Crippen LogP contribution in [-0.2, 0) is 4.79 Å². The summed E-state index contributed by atoms with van der Waals surface area (Å²) in [6.07, 6.45) is 0. The average Bonchev–Trinajstić information content (AvgIpc) is 2.26. The van der Waals surface area contributed by atoms with E-state index in [2.05, 4.69) is 10.6 Å². The Hall–Kier alpha value is -1.84. The largest absolute Gasteiger partial charge is 0.358 e. The third-order valence-electron chi connectivity index (χ3n) is 2.08. The molecular formula is C11H14N2O2. The molecule has 0 aliphatic rings. The van der Waals surface area contributed by atoms with Crippen LogP contribution in [0, 0.1) is 6.92 Å². The normalized spacial score (nSPS) is 9.47. The predicted octanol–water partition coefficient (Wildman–Crippen LogP) is 0.471. The van der Waals surface area contributed by atoms with Gasteiger partial charge in [-0.05, 0) is 18.6 Å². The number of likely N-dealkylation sites (N-methyl/N-ethyl adjacent to an activating group) is 1. The second-order valence-electron chi connectivity index (χ2n) is 3.17. The molecule has 0 aliphatic carbocycles. The Balaban J connectivity index is 2.62. The van der Waals surface area contributed by atoms with Gasteiger partial charge in [-0.25, -0.2) is 0 Å². The number of amides is 2. The number of carbonyl (C=O) groups excluding carboxylic acids is 2. The fourth-order valence-corrected chi connectivity index (χ4v) is 1.17. The van der Waals surface area contributed by atoms with Crippen molar-refractivity contribution in [2.45, 2.75) is 6.92 Å². The lowest BCUT2D eigenvalue weighted by atomic mass is 10.1.